The molecular weight excluding hydrogens is 222 g/mol. The van der Waals surface area contributed by atoms with Gasteiger partial charge in [-0.15, -0.1) is 0 Å². The molecule has 1 rings (SSSR count). The maximum atomic E-state index is 3.94. The number of nitrogens with one attached hydrogen (secondary N) is 1. The molecule has 0 aromatic rings. The lowest BCUT2D eigenvalue weighted by atomic mass is 9.92. The fourth-order valence-corrected chi connectivity index (χ4v) is 8.40. The quantitative estimate of drug-likeness (QED) is 0.563. The molecule has 2 heteroatoms. The van der Waals surface area contributed by atoms with E-state index in [-0.39, 0.29) is 0 Å². The Morgan fingerprint density at radius 3 is 1.76 bits per heavy atom. The van der Waals surface area contributed by atoms with Gasteiger partial charge in [-0.05, 0) is 42.2 Å². The predicted octanol–water partition coefficient (Wildman–Crippen LogP) is 4.51. The van der Waals surface area contributed by atoms with E-state index in [1.165, 1.54) is 19.4 Å². The normalized spacial score (nSPS) is 38.6. The van der Waals surface area contributed by atoms with Crippen molar-refractivity contribution in [2.45, 2.75) is 66.1 Å². The Bertz CT molecular complexity index is 225. The van der Waals surface area contributed by atoms with Crippen LogP contribution >= 0.6 is 0 Å². The summed E-state index contributed by atoms with van der Waals surface area (Å²) in [5.41, 5.74) is 0.948. The van der Waals surface area contributed by atoms with Gasteiger partial charge in [0.05, 0.1) is 0 Å². The average molecular weight is 256 g/mol. The maximum absolute atomic E-state index is 3.94. The van der Waals surface area contributed by atoms with Crippen LogP contribution in [0.1, 0.15) is 47.5 Å². The highest BCUT2D eigenvalue weighted by molar-refractivity contribution is 6.76. The van der Waals surface area contributed by atoms with Crippen LogP contribution in [0.25, 0.3) is 0 Å². The van der Waals surface area contributed by atoms with Gasteiger partial charge in [-0.3, -0.25) is 0 Å². The first-order valence-corrected chi connectivity index (χ1v) is 10.7. The van der Waals surface area contributed by atoms with Crippen molar-refractivity contribution >= 4 is 8.24 Å². The molecule has 0 heterocycles. The van der Waals surface area contributed by atoms with Gasteiger partial charge in [0.15, 0.2) is 0 Å². The zero-order chi connectivity index (χ0) is 13.2. The van der Waals surface area contributed by atoms with Crippen LogP contribution < -0.4 is 4.98 Å². The average Bonchev–Trinajstić information content (AvgIpc) is 2.44. The minimum absolute atomic E-state index is 0.898. The highest BCUT2D eigenvalue weighted by Crippen LogP contribution is 2.52. The van der Waals surface area contributed by atoms with Crippen LogP contribution in [0.5, 0.6) is 0 Å². The molecule has 0 saturated heterocycles. The molecule has 4 atom stereocenters. The van der Waals surface area contributed by atoms with Gasteiger partial charge >= 0.3 is 0 Å². The molecule has 1 N–H and O–H groups in total. The fraction of sp³-hybridized carbons (Fsp3) is 1.00. The molecule has 0 amide bonds. The Kier molecular flexibility index (Phi) is 5.27. The molecule has 0 aliphatic heterocycles. The van der Waals surface area contributed by atoms with Crippen molar-refractivity contribution in [1.82, 2.24) is 4.98 Å². The van der Waals surface area contributed by atoms with Crippen LogP contribution in [0.4, 0.5) is 0 Å². The molecule has 102 valence electrons. The van der Waals surface area contributed by atoms with Crippen LogP contribution in [-0.4, -0.2) is 14.8 Å². The molecule has 1 saturated carbocycles. The van der Waals surface area contributed by atoms with Gasteiger partial charge in [-0.25, -0.2) is 0 Å². The summed E-state index contributed by atoms with van der Waals surface area (Å²) in [5.74, 6) is 3.59. The van der Waals surface area contributed by atoms with E-state index in [4.69, 9.17) is 0 Å². The van der Waals surface area contributed by atoms with Crippen molar-refractivity contribution in [3.63, 3.8) is 0 Å². The summed E-state index contributed by atoms with van der Waals surface area (Å²) in [5, 5.41) is 0. The standard InChI is InChI=1S/C15H33NSi/c1-8-9-10-16-17(6,7)15-13(4)11(2)12(3)14(15)5/h11-16H,8-10H2,1-7H3. The van der Waals surface area contributed by atoms with Gasteiger partial charge in [-0.1, -0.05) is 54.1 Å². The summed E-state index contributed by atoms with van der Waals surface area (Å²) in [6, 6.07) is 0. The van der Waals surface area contributed by atoms with E-state index in [1.807, 2.05) is 0 Å². The third kappa shape index (κ3) is 3.14. The number of rotatable bonds is 5. The van der Waals surface area contributed by atoms with Crippen molar-refractivity contribution in [3.8, 4) is 0 Å². The first-order chi connectivity index (χ1) is 7.83. The molecule has 0 aromatic heterocycles. The van der Waals surface area contributed by atoms with Crippen molar-refractivity contribution in [2.75, 3.05) is 6.54 Å². The second-order valence-corrected chi connectivity index (χ2v) is 11.4. The van der Waals surface area contributed by atoms with Gasteiger partial charge in [0.25, 0.3) is 0 Å². The molecule has 0 spiro atoms. The van der Waals surface area contributed by atoms with Gasteiger partial charge in [0.1, 0.15) is 8.24 Å². The molecule has 0 aromatic carbocycles. The van der Waals surface area contributed by atoms with Crippen molar-refractivity contribution in [2.24, 2.45) is 23.7 Å². The SMILES string of the molecule is CCCCN[Si](C)(C)C1C(C)C(C)C(C)C1C. The molecule has 1 aliphatic rings. The van der Waals surface area contributed by atoms with Crippen molar-refractivity contribution in [1.29, 1.82) is 0 Å². The Hall–Kier alpha value is 0.177. The lowest BCUT2D eigenvalue weighted by Crippen LogP contribution is -2.51. The summed E-state index contributed by atoms with van der Waals surface area (Å²) in [6.07, 6.45) is 2.64. The smallest absolute Gasteiger partial charge is 0.123 e. The van der Waals surface area contributed by atoms with E-state index in [0.29, 0.717) is 0 Å². The zero-order valence-electron chi connectivity index (χ0n) is 13.0. The van der Waals surface area contributed by atoms with Gasteiger partial charge in [-0.2, -0.15) is 0 Å². The first kappa shape index (κ1) is 15.2. The van der Waals surface area contributed by atoms with Gasteiger partial charge in [0.2, 0.25) is 0 Å². The second-order valence-electron chi connectivity index (χ2n) is 6.96. The first-order valence-electron chi connectivity index (χ1n) is 7.58. The van der Waals surface area contributed by atoms with E-state index in [0.717, 1.165) is 29.2 Å². The van der Waals surface area contributed by atoms with Crippen molar-refractivity contribution in [3.05, 3.63) is 0 Å². The van der Waals surface area contributed by atoms with E-state index in [9.17, 15) is 0 Å². The highest BCUT2D eigenvalue weighted by atomic mass is 28.3. The van der Waals surface area contributed by atoms with E-state index < -0.39 is 8.24 Å². The minimum Gasteiger partial charge on any atom is -0.337 e. The molecule has 1 nitrogen and oxygen atoms in total. The molecule has 1 fully saturated rings. The third-order valence-corrected chi connectivity index (χ3v) is 9.44. The Morgan fingerprint density at radius 2 is 1.35 bits per heavy atom. The van der Waals surface area contributed by atoms with Crippen LogP contribution in [0.15, 0.2) is 0 Å². The Labute approximate surface area is 110 Å². The van der Waals surface area contributed by atoms with Crippen LogP contribution in [0.3, 0.4) is 0 Å². The molecule has 1 aliphatic carbocycles. The van der Waals surface area contributed by atoms with Crippen LogP contribution in [0, 0.1) is 23.7 Å². The fourth-order valence-electron chi connectivity index (χ4n) is 4.11. The largest absolute Gasteiger partial charge is 0.337 e. The van der Waals surface area contributed by atoms with Gasteiger partial charge < -0.3 is 4.98 Å². The lowest BCUT2D eigenvalue weighted by Gasteiger charge is -2.37. The van der Waals surface area contributed by atoms with Gasteiger partial charge in [0, 0.05) is 0 Å². The third-order valence-electron chi connectivity index (χ3n) is 5.57. The topological polar surface area (TPSA) is 12.0 Å². The van der Waals surface area contributed by atoms with E-state index in [2.05, 4.69) is 52.7 Å². The summed E-state index contributed by atoms with van der Waals surface area (Å²) in [4.78, 5) is 3.94. The summed E-state index contributed by atoms with van der Waals surface area (Å²) in [6.45, 7) is 18.5. The Balaban J connectivity index is 2.69. The summed E-state index contributed by atoms with van der Waals surface area (Å²) in [7, 11) is -1.27. The van der Waals surface area contributed by atoms with Crippen LogP contribution in [0.2, 0.25) is 18.6 Å². The molecule has 0 bridgehead atoms. The number of unbranched alkanes of at least 4 members (excludes halogenated alkanes) is 1. The summed E-state index contributed by atoms with van der Waals surface area (Å²) < 4.78 is 0. The molecule has 0 radical (unpaired) electrons. The van der Waals surface area contributed by atoms with E-state index >= 15 is 0 Å². The maximum Gasteiger partial charge on any atom is 0.123 e. The highest BCUT2D eigenvalue weighted by Gasteiger charge is 2.49. The second kappa shape index (κ2) is 5.88. The van der Waals surface area contributed by atoms with Crippen LogP contribution in [-0.2, 0) is 0 Å². The molecular formula is C15H33NSi. The molecule has 17 heavy (non-hydrogen) atoms. The summed E-state index contributed by atoms with van der Waals surface area (Å²) >= 11 is 0. The zero-order valence-corrected chi connectivity index (χ0v) is 14.0. The molecule has 4 unspecified atom stereocenters. The predicted molar refractivity (Wildman–Crippen MR) is 80.8 cm³/mol. The number of hydrogen-bond donors (Lipinski definition) is 1. The minimum atomic E-state index is -1.27. The number of hydrogen-bond acceptors (Lipinski definition) is 1. The Morgan fingerprint density at radius 1 is 0.882 bits per heavy atom. The van der Waals surface area contributed by atoms with E-state index in [1.54, 1.807) is 0 Å². The van der Waals surface area contributed by atoms with Crippen molar-refractivity contribution < 1.29 is 0 Å². The lowest BCUT2D eigenvalue weighted by molar-refractivity contribution is 0.352. The monoisotopic (exact) mass is 255 g/mol.